The van der Waals surface area contributed by atoms with E-state index in [9.17, 15) is 25.2 Å². The van der Waals surface area contributed by atoms with Crippen LogP contribution < -0.4 is 4.74 Å². The lowest BCUT2D eigenvalue weighted by Crippen LogP contribution is -1.98. The van der Waals surface area contributed by atoms with Crippen LogP contribution in [0, 0.1) is 0 Å². The molecular formula is C21H14O6. The number of fused-ring (bicyclic) bond motifs is 1. The number of phenols is 4. The normalized spacial score (nSPS) is 14.2. The molecule has 27 heavy (non-hydrogen) atoms. The van der Waals surface area contributed by atoms with Gasteiger partial charge in [0.05, 0.1) is 5.56 Å². The van der Waals surface area contributed by atoms with Gasteiger partial charge >= 0.3 is 0 Å². The number of hydrogen-bond donors (Lipinski definition) is 4. The summed E-state index contributed by atoms with van der Waals surface area (Å²) in [6.45, 7) is 0. The number of phenolic OH excluding ortho intramolecular Hbond substituents is 4. The number of Topliss-reactive ketones (excluding diaryl/α,β-unsaturated/α-hetero) is 1. The zero-order valence-electron chi connectivity index (χ0n) is 13.9. The minimum atomic E-state index is -0.518. The molecule has 0 aliphatic carbocycles. The molecule has 0 atom stereocenters. The fraction of sp³-hybridized carbons (Fsp3) is 0. The molecular weight excluding hydrogens is 348 g/mol. The molecule has 1 heterocycles. The maximum Gasteiger partial charge on any atom is 0.235 e. The Morgan fingerprint density at radius 1 is 0.741 bits per heavy atom. The molecule has 0 unspecified atom stereocenters. The number of hydrogen-bond acceptors (Lipinski definition) is 6. The molecule has 3 aromatic rings. The fourth-order valence-corrected chi connectivity index (χ4v) is 2.99. The van der Waals surface area contributed by atoms with Crippen molar-refractivity contribution in [2.24, 2.45) is 0 Å². The number of allylic oxidation sites excluding steroid dienone is 1. The van der Waals surface area contributed by atoms with E-state index in [0.29, 0.717) is 5.56 Å². The Balaban J connectivity index is 1.89. The number of ether oxygens (including phenoxy) is 1. The predicted octanol–water partition coefficient (Wildman–Crippen LogP) is 3.79. The number of rotatable bonds is 2. The second-order valence-electron chi connectivity index (χ2n) is 6.05. The molecule has 4 rings (SSSR count). The Morgan fingerprint density at radius 3 is 2.15 bits per heavy atom. The van der Waals surface area contributed by atoms with Crippen molar-refractivity contribution in [1.29, 1.82) is 0 Å². The van der Waals surface area contributed by atoms with E-state index in [4.69, 9.17) is 4.74 Å². The van der Waals surface area contributed by atoms with E-state index >= 15 is 0 Å². The number of carbonyl (C=O) groups excluding carboxylic acids is 1. The highest BCUT2D eigenvalue weighted by Gasteiger charge is 2.35. The molecule has 4 N–H and O–H groups in total. The lowest BCUT2D eigenvalue weighted by Gasteiger charge is -2.11. The summed E-state index contributed by atoms with van der Waals surface area (Å²) in [5.74, 6) is -1.98. The van der Waals surface area contributed by atoms with E-state index in [1.165, 1.54) is 24.3 Å². The molecule has 134 valence electrons. The molecule has 6 heteroatoms. The van der Waals surface area contributed by atoms with Gasteiger partial charge < -0.3 is 25.2 Å². The van der Waals surface area contributed by atoms with Gasteiger partial charge in [-0.1, -0.05) is 36.4 Å². The summed E-state index contributed by atoms with van der Waals surface area (Å²) in [7, 11) is 0. The van der Waals surface area contributed by atoms with Gasteiger partial charge in [-0.15, -0.1) is 0 Å². The number of benzene rings is 3. The average molecular weight is 362 g/mol. The third kappa shape index (κ3) is 2.73. The quantitative estimate of drug-likeness (QED) is 0.408. The molecule has 3 aromatic carbocycles. The third-order valence-corrected chi connectivity index (χ3v) is 4.26. The highest BCUT2D eigenvalue weighted by atomic mass is 16.5. The molecule has 1 aliphatic heterocycles. The van der Waals surface area contributed by atoms with Gasteiger partial charge in [-0.3, -0.25) is 4.79 Å². The monoisotopic (exact) mass is 362 g/mol. The van der Waals surface area contributed by atoms with Crippen LogP contribution in [0.5, 0.6) is 28.7 Å². The number of aromatic hydroxyl groups is 4. The van der Waals surface area contributed by atoms with Gasteiger partial charge in [0.2, 0.25) is 5.78 Å². The number of ketones is 1. The van der Waals surface area contributed by atoms with Crippen LogP contribution in [-0.2, 0) is 0 Å². The Labute approximate surface area is 153 Å². The van der Waals surface area contributed by atoms with E-state index in [1.54, 1.807) is 12.1 Å². The van der Waals surface area contributed by atoms with Crippen molar-refractivity contribution in [3.8, 4) is 39.9 Å². The van der Waals surface area contributed by atoms with Gasteiger partial charge in [0.15, 0.2) is 23.0 Å². The summed E-state index contributed by atoms with van der Waals surface area (Å²) >= 11 is 0. The second kappa shape index (κ2) is 6.10. The summed E-state index contributed by atoms with van der Waals surface area (Å²) in [6, 6.07) is 14.0. The Bertz CT molecular complexity index is 1100. The van der Waals surface area contributed by atoms with Gasteiger partial charge in [-0.2, -0.15) is 0 Å². The summed E-state index contributed by atoms with van der Waals surface area (Å²) < 4.78 is 5.69. The zero-order valence-corrected chi connectivity index (χ0v) is 13.9. The van der Waals surface area contributed by atoms with Crippen LogP contribution in [0.4, 0.5) is 0 Å². The maximum atomic E-state index is 12.7. The highest BCUT2D eigenvalue weighted by Crippen LogP contribution is 2.50. The molecule has 0 saturated heterocycles. The van der Waals surface area contributed by atoms with E-state index in [2.05, 4.69) is 0 Å². The first-order valence-electron chi connectivity index (χ1n) is 8.06. The smallest absolute Gasteiger partial charge is 0.235 e. The van der Waals surface area contributed by atoms with E-state index in [-0.39, 0.29) is 34.1 Å². The molecule has 1 aliphatic rings. The molecule has 0 radical (unpaired) electrons. The van der Waals surface area contributed by atoms with E-state index in [0.717, 1.165) is 11.6 Å². The fourth-order valence-electron chi connectivity index (χ4n) is 2.99. The molecule has 0 amide bonds. The average Bonchev–Trinajstić information content (AvgIpc) is 2.95. The predicted molar refractivity (Wildman–Crippen MR) is 97.9 cm³/mol. The van der Waals surface area contributed by atoms with Crippen molar-refractivity contribution in [2.75, 3.05) is 0 Å². The molecule has 0 saturated carbocycles. The van der Waals surface area contributed by atoms with Crippen molar-refractivity contribution in [1.82, 2.24) is 0 Å². The first-order valence-corrected chi connectivity index (χ1v) is 8.06. The Hall–Kier alpha value is -3.93. The SMILES string of the molecule is O=C1/C(=C/c2ccccc2)Oc2c1c(O)cc(O)c2-c1ccc(O)c(O)c1. The topological polar surface area (TPSA) is 107 Å². The Kier molecular flexibility index (Phi) is 3.74. The first kappa shape index (κ1) is 16.5. The molecule has 0 fully saturated rings. The van der Waals surface area contributed by atoms with Crippen molar-refractivity contribution in [3.05, 3.63) is 71.5 Å². The maximum absolute atomic E-state index is 12.7. The van der Waals surface area contributed by atoms with Crippen LogP contribution in [0.25, 0.3) is 17.2 Å². The van der Waals surface area contributed by atoms with Gasteiger partial charge in [-0.05, 0) is 29.3 Å². The zero-order chi connectivity index (χ0) is 19.1. The lowest BCUT2D eigenvalue weighted by molar-refractivity contribution is 0.101. The van der Waals surface area contributed by atoms with Crippen molar-refractivity contribution < 1.29 is 30.0 Å². The van der Waals surface area contributed by atoms with Gasteiger partial charge in [0.1, 0.15) is 17.1 Å². The Morgan fingerprint density at radius 2 is 1.44 bits per heavy atom. The third-order valence-electron chi connectivity index (χ3n) is 4.26. The minimum absolute atomic E-state index is 0.00125. The molecule has 0 bridgehead atoms. The van der Waals surface area contributed by atoms with Crippen LogP contribution >= 0.6 is 0 Å². The summed E-state index contributed by atoms with van der Waals surface area (Å²) in [4.78, 5) is 12.7. The van der Waals surface area contributed by atoms with Crippen LogP contribution in [0.15, 0.2) is 60.4 Å². The molecule has 0 aromatic heterocycles. The van der Waals surface area contributed by atoms with E-state index < -0.39 is 17.3 Å². The largest absolute Gasteiger partial charge is 0.507 e. The van der Waals surface area contributed by atoms with Crippen molar-refractivity contribution >= 4 is 11.9 Å². The van der Waals surface area contributed by atoms with Crippen LogP contribution in [0.2, 0.25) is 0 Å². The van der Waals surface area contributed by atoms with Gasteiger partial charge in [0, 0.05) is 6.07 Å². The van der Waals surface area contributed by atoms with E-state index in [1.807, 2.05) is 18.2 Å². The van der Waals surface area contributed by atoms with Crippen LogP contribution in [0.3, 0.4) is 0 Å². The van der Waals surface area contributed by atoms with Gasteiger partial charge in [0.25, 0.3) is 0 Å². The standard InChI is InChI=1S/C21H14O6/c22-13-7-6-12(9-14(13)23)18-15(24)10-16(25)19-20(26)17(27-21(18)19)8-11-4-2-1-3-5-11/h1-10,22-25H/b17-8-. The van der Waals surface area contributed by atoms with Crippen molar-refractivity contribution in [3.63, 3.8) is 0 Å². The summed E-state index contributed by atoms with van der Waals surface area (Å²) in [6.07, 6.45) is 1.54. The van der Waals surface area contributed by atoms with Gasteiger partial charge in [-0.25, -0.2) is 0 Å². The molecule has 6 nitrogen and oxygen atoms in total. The van der Waals surface area contributed by atoms with Crippen LogP contribution in [-0.4, -0.2) is 26.2 Å². The second-order valence-corrected chi connectivity index (χ2v) is 6.05. The summed E-state index contributed by atoms with van der Waals surface area (Å²) in [5.41, 5.74) is 1.11. The minimum Gasteiger partial charge on any atom is -0.507 e. The van der Waals surface area contributed by atoms with Crippen molar-refractivity contribution in [2.45, 2.75) is 0 Å². The van der Waals surface area contributed by atoms with Crippen LogP contribution in [0.1, 0.15) is 15.9 Å². The molecule has 0 spiro atoms. The number of carbonyl (C=O) groups is 1. The highest BCUT2D eigenvalue weighted by molar-refractivity contribution is 6.18. The lowest BCUT2D eigenvalue weighted by atomic mass is 9.98. The summed E-state index contributed by atoms with van der Waals surface area (Å²) in [5, 5.41) is 39.7. The first-order chi connectivity index (χ1) is 13.0.